The van der Waals surface area contributed by atoms with E-state index in [-0.39, 0.29) is 11.5 Å². The van der Waals surface area contributed by atoms with Crippen LogP contribution in [0.5, 0.6) is 5.75 Å². The molecule has 0 fully saturated rings. The van der Waals surface area contributed by atoms with Gasteiger partial charge in [-0.05, 0) is 43.3 Å². The second-order valence-corrected chi connectivity index (χ2v) is 4.70. The number of aromatic nitrogens is 2. The number of carbonyl (C=O) groups is 1. The Morgan fingerprint density at radius 3 is 2.68 bits per heavy atom. The van der Waals surface area contributed by atoms with E-state index >= 15 is 0 Å². The number of ketones is 1. The summed E-state index contributed by atoms with van der Waals surface area (Å²) in [5.74, 6) is -0.272. The van der Waals surface area contributed by atoms with E-state index in [2.05, 4.69) is 9.84 Å². The summed E-state index contributed by atoms with van der Waals surface area (Å²) in [7, 11) is 0. The summed E-state index contributed by atoms with van der Waals surface area (Å²) >= 11 is 5.99. The van der Waals surface area contributed by atoms with Crippen LogP contribution in [0, 0.1) is 0 Å². The second-order valence-electron chi connectivity index (χ2n) is 4.29. The van der Waals surface area contributed by atoms with Crippen molar-refractivity contribution in [1.29, 1.82) is 0 Å². The fourth-order valence-electron chi connectivity index (χ4n) is 1.84. The standard InChI is InChI=1S/C15H13ClF2N2O2/c1-2-20-13(12(16)9-19-20)7-8-14(21)10-3-5-11(6-4-10)22-15(17)18/h3-9,15H,2H2,1H3/b8-7+. The highest BCUT2D eigenvalue weighted by atomic mass is 35.5. The Hall–Kier alpha value is -2.21. The van der Waals surface area contributed by atoms with Gasteiger partial charge in [-0.3, -0.25) is 9.48 Å². The van der Waals surface area contributed by atoms with E-state index < -0.39 is 6.61 Å². The first-order valence-electron chi connectivity index (χ1n) is 6.50. The molecule has 0 aliphatic rings. The Bertz CT molecular complexity index is 681. The lowest BCUT2D eigenvalue weighted by Crippen LogP contribution is -2.02. The molecule has 0 radical (unpaired) electrons. The Balaban J connectivity index is 2.11. The largest absolute Gasteiger partial charge is 0.435 e. The Labute approximate surface area is 131 Å². The average Bonchev–Trinajstić information content (AvgIpc) is 2.85. The molecule has 2 rings (SSSR count). The zero-order valence-electron chi connectivity index (χ0n) is 11.7. The molecule has 0 unspecified atom stereocenters. The summed E-state index contributed by atoms with van der Waals surface area (Å²) in [5, 5.41) is 4.51. The summed E-state index contributed by atoms with van der Waals surface area (Å²) in [6.45, 7) is -0.359. The molecule has 0 atom stereocenters. The van der Waals surface area contributed by atoms with Crippen LogP contribution >= 0.6 is 11.6 Å². The van der Waals surface area contributed by atoms with Gasteiger partial charge in [-0.15, -0.1) is 0 Å². The zero-order chi connectivity index (χ0) is 16.1. The minimum absolute atomic E-state index is 0.00244. The predicted molar refractivity (Wildman–Crippen MR) is 79.3 cm³/mol. The number of ether oxygens (including phenoxy) is 1. The van der Waals surface area contributed by atoms with Crippen LogP contribution < -0.4 is 4.74 Å². The number of aryl methyl sites for hydroxylation is 1. The number of alkyl halides is 2. The number of halogens is 3. The van der Waals surface area contributed by atoms with Gasteiger partial charge in [0.25, 0.3) is 0 Å². The molecule has 0 amide bonds. The van der Waals surface area contributed by atoms with Gasteiger partial charge in [-0.25, -0.2) is 0 Å². The molecule has 1 aromatic carbocycles. The van der Waals surface area contributed by atoms with Crippen molar-refractivity contribution in [2.45, 2.75) is 20.1 Å². The highest BCUT2D eigenvalue weighted by Crippen LogP contribution is 2.18. The highest BCUT2D eigenvalue weighted by Gasteiger charge is 2.08. The first kappa shape index (κ1) is 16.2. The van der Waals surface area contributed by atoms with Gasteiger partial charge >= 0.3 is 6.61 Å². The Kier molecular flexibility index (Phi) is 5.27. The monoisotopic (exact) mass is 326 g/mol. The van der Waals surface area contributed by atoms with Crippen LogP contribution in [-0.2, 0) is 6.54 Å². The molecule has 1 heterocycles. The van der Waals surface area contributed by atoms with Crippen LogP contribution in [-0.4, -0.2) is 22.2 Å². The van der Waals surface area contributed by atoms with E-state index in [4.69, 9.17) is 11.6 Å². The van der Waals surface area contributed by atoms with E-state index in [9.17, 15) is 13.6 Å². The molecular weight excluding hydrogens is 314 g/mol. The zero-order valence-corrected chi connectivity index (χ0v) is 12.4. The molecule has 1 aromatic heterocycles. The minimum Gasteiger partial charge on any atom is -0.435 e. The smallest absolute Gasteiger partial charge is 0.387 e. The van der Waals surface area contributed by atoms with Crippen molar-refractivity contribution in [3.05, 3.63) is 52.8 Å². The number of benzene rings is 1. The number of hydrogen-bond donors (Lipinski definition) is 0. The number of carbonyl (C=O) groups excluding carboxylic acids is 1. The molecule has 0 bridgehead atoms. The van der Waals surface area contributed by atoms with Crippen molar-refractivity contribution >= 4 is 23.5 Å². The normalized spacial score (nSPS) is 11.3. The summed E-state index contributed by atoms with van der Waals surface area (Å²) < 4.78 is 30.0. The molecular formula is C15H13ClF2N2O2. The number of allylic oxidation sites excluding steroid dienone is 1. The SMILES string of the molecule is CCn1ncc(Cl)c1/C=C/C(=O)c1ccc(OC(F)F)cc1. The first-order valence-corrected chi connectivity index (χ1v) is 6.87. The maximum atomic E-state index is 12.0. The van der Waals surface area contributed by atoms with E-state index in [0.29, 0.717) is 22.8 Å². The summed E-state index contributed by atoms with van der Waals surface area (Å²) in [5.41, 5.74) is 0.992. The summed E-state index contributed by atoms with van der Waals surface area (Å²) in [6, 6.07) is 5.47. The van der Waals surface area contributed by atoms with Gasteiger partial charge in [0.05, 0.1) is 16.9 Å². The second kappa shape index (κ2) is 7.17. The maximum Gasteiger partial charge on any atom is 0.387 e. The third kappa shape index (κ3) is 3.92. The Morgan fingerprint density at radius 1 is 1.41 bits per heavy atom. The minimum atomic E-state index is -2.89. The molecule has 0 spiro atoms. The van der Waals surface area contributed by atoms with Crippen LogP contribution in [0.1, 0.15) is 23.0 Å². The molecule has 116 valence electrons. The van der Waals surface area contributed by atoms with Gasteiger partial charge in [-0.2, -0.15) is 13.9 Å². The molecule has 2 aromatic rings. The van der Waals surface area contributed by atoms with E-state index in [1.54, 1.807) is 10.8 Å². The van der Waals surface area contributed by atoms with Gasteiger partial charge in [0.2, 0.25) is 0 Å². The number of rotatable bonds is 6. The lowest BCUT2D eigenvalue weighted by Gasteiger charge is -2.04. The molecule has 0 aliphatic carbocycles. The maximum absolute atomic E-state index is 12.0. The van der Waals surface area contributed by atoms with Gasteiger partial charge in [0.1, 0.15) is 5.75 Å². The molecule has 0 aliphatic heterocycles. The average molecular weight is 327 g/mol. The van der Waals surface area contributed by atoms with E-state index in [0.717, 1.165) is 0 Å². The molecule has 4 nitrogen and oxygen atoms in total. The molecule has 0 saturated carbocycles. The van der Waals surface area contributed by atoms with Crippen molar-refractivity contribution in [3.63, 3.8) is 0 Å². The molecule has 22 heavy (non-hydrogen) atoms. The van der Waals surface area contributed by atoms with Crippen LogP contribution in [0.2, 0.25) is 5.02 Å². The van der Waals surface area contributed by atoms with Gasteiger partial charge < -0.3 is 4.74 Å². The third-order valence-electron chi connectivity index (χ3n) is 2.89. The van der Waals surface area contributed by atoms with Crippen molar-refractivity contribution in [1.82, 2.24) is 9.78 Å². The fourth-order valence-corrected chi connectivity index (χ4v) is 2.05. The molecule has 0 saturated heterocycles. The topological polar surface area (TPSA) is 44.1 Å². The van der Waals surface area contributed by atoms with Crippen molar-refractivity contribution in [3.8, 4) is 5.75 Å². The lowest BCUT2D eigenvalue weighted by atomic mass is 10.1. The van der Waals surface area contributed by atoms with Crippen LogP contribution in [0.3, 0.4) is 0 Å². The van der Waals surface area contributed by atoms with Gasteiger partial charge in [0, 0.05) is 12.1 Å². The van der Waals surface area contributed by atoms with Crippen LogP contribution in [0.4, 0.5) is 8.78 Å². The summed E-state index contributed by atoms with van der Waals surface area (Å²) in [4.78, 5) is 12.0. The summed E-state index contributed by atoms with van der Waals surface area (Å²) in [6.07, 6.45) is 4.44. The first-order chi connectivity index (χ1) is 10.5. The third-order valence-corrected chi connectivity index (χ3v) is 3.18. The number of hydrogen-bond acceptors (Lipinski definition) is 3. The van der Waals surface area contributed by atoms with Crippen molar-refractivity contribution in [2.24, 2.45) is 0 Å². The van der Waals surface area contributed by atoms with Crippen molar-refractivity contribution < 1.29 is 18.3 Å². The number of nitrogens with zero attached hydrogens (tertiary/aromatic N) is 2. The Morgan fingerprint density at radius 2 is 2.09 bits per heavy atom. The molecule has 7 heteroatoms. The molecule has 0 N–H and O–H groups in total. The lowest BCUT2D eigenvalue weighted by molar-refractivity contribution is -0.0498. The van der Waals surface area contributed by atoms with Crippen LogP contribution in [0.25, 0.3) is 6.08 Å². The van der Waals surface area contributed by atoms with Gasteiger partial charge in [-0.1, -0.05) is 11.6 Å². The fraction of sp³-hybridized carbons (Fsp3) is 0.200. The highest BCUT2D eigenvalue weighted by molar-refractivity contribution is 6.31. The quantitative estimate of drug-likeness (QED) is 0.594. The predicted octanol–water partition coefficient (Wildman–Crippen LogP) is 4.05. The van der Waals surface area contributed by atoms with Gasteiger partial charge in [0.15, 0.2) is 5.78 Å². The van der Waals surface area contributed by atoms with E-state index in [1.165, 1.54) is 36.5 Å². The van der Waals surface area contributed by atoms with E-state index in [1.807, 2.05) is 6.92 Å². The van der Waals surface area contributed by atoms with Crippen LogP contribution in [0.15, 0.2) is 36.5 Å². The van der Waals surface area contributed by atoms with Crippen molar-refractivity contribution in [2.75, 3.05) is 0 Å².